The SMILES string of the molecule is Cc1cc(C2CCC(C(=O)NCc3ccccc3F)CN2C(=O)NC(C)C)ccc1F. The molecule has 2 unspecified atom stereocenters. The van der Waals surface area contributed by atoms with Crippen molar-refractivity contribution < 1.29 is 18.4 Å². The Balaban J connectivity index is 1.74. The van der Waals surface area contributed by atoms with Crippen molar-refractivity contribution >= 4 is 11.9 Å². The number of likely N-dealkylation sites (tertiary alicyclic amines) is 1. The van der Waals surface area contributed by atoms with E-state index in [9.17, 15) is 18.4 Å². The first-order chi connectivity index (χ1) is 14.8. The molecule has 0 saturated carbocycles. The smallest absolute Gasteiger partial charge is 0.318 e. The molecule has 1 fully saturated rings. The summed E-state index contributed by atoms with van der Waals surface area (Å²) in [4.78, 5) is 27.3. The molecule has 0 spiro atoms. The number of amides is 3. The molecule has 7 heteroatoms. The van der Waals surface area contributed by atoms with Crippen molar-refractivity contribution in [1.29, 1.82) is 0 Å². The molecule has 3 rings (SSSR count). The summed E-state index contributed by atoms with van der Waals surface area (Å²) in [5.41, 5.74) is 1.79. The summed E-state index contributed by atoms with van der Waals surface area (Å²) in [5, 5.41) is 5.69. The molecule has 1 aliphatic heterocycles. The zero-order chi connectivity index (χ0) is 22.5. The summed E-state index contributed by atoms with van der Waals surface area (Å²) in [6, 6.07) is 10.6. The van der Waals surface area contributed by atoms with Crippen LogP contribution in [0.2, 0.25) is 0 Å². The molecular weight excluding hydrogens is 400 g/mol. The molecular formula is C24H29F2N3O2. The third-order valence-corrected chi connectivity index (χ3v) is 5.60. The lowest BCUT2D eigenvalue weighted by atomic mass is 9.88. The van der Waals surface area contributed by atoms with Crippen LogP contribution in [0.15, 0.2) is 42.5 Å². The zero-order valence-electron chi connectivity index (χ0n) is 18.1. The molecule has 1 aliphatic rings. The Labute approximate surface area is 181 Å². The highest BCUT2D eigenvalue weighted by Crippen LogP contribution is 2.34. The molecule has 2 N–H and O–H groups in total. The van der Waals surface area contributed by atoms with Gasteiger partial charge in [-0.15, -0.1) is 0 Å². The largest absolute Gasteiger partial charge is 0.352 e. The third-order valence-electron chi connectivity index (χ3n) is 5.60. The lowest BCUT2D eigenvalue weighted by molar-refractivity contribution is -0.127. The van der Waals surface area contributed by atoms with Crippen LogP contribution >= 0.6 is 0 Å². The van der Waals surface area contributed by atoms with Crippen molar-refractivity contribution in [3.8, 4) is 0 Å². The number of halogens is 2. The summed E-state index contributed by atoms with van der Waals surface area (Å²) < 4.78 is 27.6. The minimum absolute atomic E-state index is 0.0571. The number of hydrogen-bond donors (Lipinski definition) is 2. The number of rotatable bonds is 5. The van der Waals surface area contributed by atoms with Crippen LogP contribution in [0.25, 0.3) is 0 Å². The van der Waals surface area contributed by atoms with E-state index in [2.05, 4.69) is 10.6 Å². The Kier molecular flexibility index (Phi) is 7.25. The highest BCUT2D eigenvalue weighted by atomic mass is 19.1. The fourth-order valence-corrected chi connectivity index (χ4v) is 3.93. The number of benzene rings is 2. The van der Waals surface area contributed by atoms with Gasteiger partial charge >= 0.3 is 6.03 Å². The Morgan fingerprint density at radius 3 is 2.52 bits per heavy atom. The Bertz CT molecular complexity index is 948. The third kappa shape index (κ3) is 5.60. The normalized spacial score (nSPS) is 18.7. The molecule has 3 amide bonds. The second-order valence-corrected chi connectivity index (χ2v) is 8.36. The van der Waals surface area contributed by atoms with Crippen LogP contribution in [0.5, 0.6) is 0 Å². The fraction of sp³-hybridized carbons (Fsp3) is 0.417. The van der Waals surface area contributed by atoms with Crippen molar-refractivity contribution in [2.75, 3.05) is 6.54 Å². The average molecular weight is 430 g/mol. The number of carbonyl (C=O) groups is 2. The maximum absolute atomic E-state index is 13.8. The molecule has 0 aliphatic carbocycles. The quantitative estimate of drug-likeness (QED) is 0.737. The van der Waals surface area contributed by atoms with Gasteiger partial charge in [-0.1, -0.05) is 30.3 Å². The molecule has 166 valence electrons. The lowest BCUT2D eigenvalue weighted by Crippen LogP contribution is -2.51. The second kappa shape index (κ2) is 9.90. The van der Waals surface area contributed by atoms with E-state index in [1.165, 1.54) is 12.1 Å². The number of hydrogen-bond acceptors (Lipinski definition) is 2. The molecule has 1 heterocycles. The van der Waals surface area contributed by atoms with E-state index in [1.807, 2.05) is 13.8 Å². The van der Waals surface area contributed by atoms with Crippen molar-refractivity contribution in [2.45, 2.75) is 52.2 Å². The molecule has 2 aromatic rings. The standard InChI is InChI=1S/C24H29F2N3O2/c1-15(2)28-24(31)29-14-19(23(30)27-13-18-6-4-5-7-21(18)26)9-11-22(29)17-8-10-20(25)16(3)12-17/h4-8,10,12,15,19,22H,9,11,13-14H2,1-3H3,(H,27,30)(H,28,31). The Morgan fingerprint density at radius 1 is 1.10 bits per heavy atom. The van der Waals surface area contributed by atoms with Crippen LogP contribution in [-0.4, -0.2) is 29.4 Å². The predicted molar refractivity (Wildman–Crippen MR) is 115 cm³/mol. The van der Waals surface area contributed by atoms with E-state index in [0.717, 1.165) is 5.56 Å². The summed E-state index contributed by atoms with van der Waals surface area (Å²) in [7, 11) is 0. The summed E-state index contributed by atoms with van der Waals surface area (Å²) in [6.45, 7) is 5.78. The number of nitrogens with one attached hydrogen (secondary N) is 2. The van der Waals surface area contributed by atoms with E-state index < -0.39 is 5.92 Å². The lowest BCUT2D eigenvalue weighted by Gasteiger charge is -2.40. The van der Waals surface area contributed by atoms with Gasteiger partial charge in [0.05, 0.1) is 12.0 Å². The molecule has 2 aromatic carbocycles. The van der Waals surface area contributed by atoms with E-state index in [0.29, 0.717) is 24.0 Å². The number of piperidine rings is 1. The van der Waals surface area contributed by atoms with Gasteiger partial charge in [-0.3, -0.25) is 4.79 Å². The summed E-state index contributed by atoms with van der Waals surface area (Å²) in [5.74, 6) is -1.26. The van der Waals surface area contributed by atoms with Gasteiger partial charge < -0.3 is 15.5 Å². The van der Waals surface area contributed by atoms with Crippen molar-refractivity contribution in [3.05, 3.63) is 70.8 Å². The predicted octanol–water partition coefficient (Wildman–Crippen LogP) is 4.46. The van der Waals surface area contributed by atoms with E-state index in [-0.39, 0.29) is 48.7 Å². The van der Waals surface area contributed by atoms with Crippen LogP contribution in [-0.2, 0) is 11.3 Å². The van der Waals surface area contributed by atoms with Crippen molar-refractivity contribution in [1.82, 2.24) is 15.5 Å². The zero-order valence-corrected chi connectivity index (χ0v) is 18.1. The highest BCUT2D eigenvalue weighted by molar-refractivity contribution is 5.81. The van der Waals surface area contributed by atoms with Crippen LogP contribution in [0.3, 0.4) is 0 Å². The van der Waals surface area contributed by atoms with Crippen molar-refractivity contribution in [3.63, 3.8) is 0 Å². The molecule has 5 nitrogen and oxygen atoms in total. The maximum atomic E-state index is 13.8. The Hall–Kier alpha value is -2.96. The van der Waals surface area contributed by atoms with Gasteiger partial charge in [-0.2, -0.15) is 0 Å². The number of urea groups is 1. The summed E-state index contributed by atoms with van der Waals surface area (Å²) >= 11 is 0. The number of nitrogens with zero attached hydrogens (tertiary/aromatic N) is 1. The summed E-state index contributed by atoms with van der Waals surface area (Å²) in [6.07, 6.45) is 1.16. The van der Waals surface area contributed by atoms with Gasteiger partial charge in [0, 0.05) is 24.7 Å². The molecule has 31 heavy (non-hydrogen) atoms. The monoisotopic (exact) mass is 429 g/mol. The molecule has 0 aromatic heterocycles. The highest BCUT2D eigenvalue weighted by Gasteiger charge is 2.36. The van der Waals surface area contributed by atoms with Crippen LogP contribution in [0.1, 0.15) is 49.4 Å². The van der Waals surface area contributed by atoms with Crippen LogP contribution in [0.4, 0.5) is 13.6 Å². The average Bonchev–Trinajstić information content (AvgIpc) is 2.74. The number of carbonyl (C=O) groups excluding carboxylic acids is 2. The first-order valence-electron chi connectivity index (χ1n) is 10.6. The maximum Gasteiger partial charge on any atom is 0.318 e. The molecule has 0 bridgehead atoms. The van der Waals surface area contributed by atoms with Crippen LogP contribution in [0, 0.1) is 24.5 Å². The van der Waals surface area contributed by atoms with Gasteiger partial charge in [0.1, 0.15) is 11.6 Å². The second-order valence-electron chi connectivity index (χ2n) is 8.36. The van der Waals surface area contributed by atoms with Gasteiger partial charge in [0.2, 0.25) is 5.91 Å². The van der Waals surface area contributed by atoms with E-state index >= 15 is 0 Å². The fourth-order valence-electron chi connectivity index (χ4n) is 3.93. The van der Waals surface area contributed by atoms with E-state index in [1.54, 1.807) is 42.2 Å². The van der Waals surface area contributed by atoms with E-state index in [4.69, 9.17) is 0 Å². The van der Waals surface area contributed by atoms with Crippen molar-refractivity contribution in [2.24, 2.45) is 5.92 Å². The topological polar surface area (TPSA) is 61.4 Å². The minimum Gasteiger partial charge on any atom is -0.352 e. The first-order valence-corrected chi connectivity index (χ1v) is 10.6. The van der Waals surface area contributed by atoms with Gasteiger partial charge in [0.15, 0.2) is 0 Å². The van der Waals surface area contributed by atoms with Crippen LogP contribution < -0.4 is 10.6 Å². The molecule has 1 saturated heterocycles. The minimum atomic E-state index is -0.400. The van der Waals surface area contributed by atoms with Gasteiger partial charge in [-0.25, -0.2) is 13.6 Å². The first kappa shape index (κ1) is 22.7. The number of aryl methyl sites for hydroxylation is 1. The Morgan fingerprint density at radius 2 is 1.84 bits per heavy atom. The molecule has 2 atom stereocenters. The molecule has 0 radical (unpaired) electrons. The van der Waals surface area contributed by atoms with Gasteiger partial charge in [-0.05, 0) is 56.9 Å². The van der Waals surface area contributed by atoms with Gasteiger partial charge in [0.25, 0.3) is 0 Å².